The molecule has 2 aromatic rings. The lowest BCUT2D eigenvalue weighted by Gasteiger charge is -2.19. The standard InChI is InChI=1S/C19H21NO3/c1-13-8-9-14(2)16(10-13)12-20(3)18(21)11-15-6-4-5-7-17(15)19(22)23/h4-10H,11-12H2,1-3H3,(H,22,23). The maximum Gasteiger partial charge on any atom is 0.335 e. The molecule has 2 aromatic carbocycles. The number of carboxylic acid groups (broad SMARTS) is 1. The summed E-state index contributed by atoms with van der Waals surface area (Å²) in [5.74, 6) is -1.11. The molecule has 0 saturated heterocycles. The lowest BCUT2D eigenvalue weighted by molar-refractivity contribution is -0.129. The zero-order chi connectivity index (χ0) is 17.0. The van der Waals surface area contributed by atoms with Crippen LogP contribution in [0, 0.1) is 13.8 Å². The van der Waals surface area contributed by atoms with Gasteiger partial charge >= 0.3 is 5.97 Å². The van der Waals surface area contributed by atoms with Gasteiger partial charge in [-0.1, -0.05) is 42.0 Å². The van der Waals surface area contributed by atoms with E-state index in [1.165, 1.54) is 6.07 Å². The van der Waals surface area contributed by atoms with Gasteiger partial charge in [-0.25, -0.2) is 4.79 Å². The number of aryl methyl sites for hydroxylation is 2. The summed E-state index contributed by atoms with van der Waals surface area (Å²) in [5.41, 5.74) is 4.12. The second-order valence-electron chi connectivity index (χ2n) is 5.82. The first-order valence-electron chi connectivity index (χ1n) is 7.49. The Hall–Kier alpha value is -2.62. The molecule has 0 spiro atoms. The molecule has 2 rings (SSSR count). The molecule has 4 heteroatoms. The highest BCUT2D eigenvalue weighted by atomic mass is 16.4. The van der Waals surface area contributed by atoms with Crippen molar-refractivity contribution in [3.63, 3.8) is 0 Å². The van der Waals surface area contributed by atoms with Gasteiger partial charge in [-0.2, -0.15) is 0 Å². The van der Waals surface area contributed by atoms with Crippen molar-refractivity contribution in [2.75, 3.05) is 7.05 Å². The van der Waals surface area contributed by atoms with E-state index in [1.807, 2.05) is 26.0 Å². The molecular formula is C19H21NO3. The molecule has 23 heavy (non-hydrogen) atoms. The zero-order valence-corrected chi connectivity index (χ0v) is 13.7. The van der Waals surface area contributed by atoms with E-state index in [-0.39, 0.29) is 17.9 Å². The lowest BCUT2D eigenvalue weighted by atomic mass is 10.0. The Kier molecular flexibility index (Phi) is 5.16. The minimum atomic E-state index is -1.01. The average Bonchev–Trinajstić information content (AvgIpc) is 2.51. The second kappa shape index (κ2) is 7.09. The highest BCUT2D eigenvalue weighted by Crippen LogP contribution is 2.15. The summed E-state index contributed by atoms with van der Waals surface area (Å²) in [4.78, 5) is 25.3. The minimum absolute atomic E-state index is 0.0871. The van der Waals surface area contributed by atoms with E-state index >= 15 is 0 Å². The highest BCUT2D eigenvalue weighted by molar-refractivity contribution is 5.91. The molecule has 0 radical (unpaired) electrons. The molecule has 0 atom stereocenters. The number of nitrogens with zero attached hydrogens (tertiary/aromatic N) is 1. The molecule has 0 aromatic heterocycles. The summed E-state index contributed by atoms with van der Waals surface area (Å²) in [6.07, 6.45) is 0.0871. The van der Waals surface area contributed by atoms with Gasteiger partial charge < -0.3 is 10.0 Å². The Bertz CT molecular complexity index is 737. The summed E-state index contributed by atoms with van der Waals surface area (Å²) < 4.78 is 0. The zero-order valence-electron chi connectivity index (χ0n) is 13.7. The van der Waals surface area contributed by atoms with Crippen LogP contribution in [0.5, 0.6) is 0 Å². The van der Waals surface area contributed by atoms with Crippen LogP contribution in [0.4, 0.5) is 0 Å². The van der Waals surface area contributed by atoms with Crippen molar-refractivity contribution < 1.29 is 14.7 Å². The largest absolute Gasteiger partial charge is 0.478 e. The van der Waals surface area contributed by atoms with Crippen LogP contribution in [-0.4, -0.2) is 28.9 Å². The normalized spacial score (nSPS) is 10.4. The Morgan fingerprint density at radius 3 is 2.43 bits per heavy atom. The molecule has 0 saturated carbocycles. The van der Waals surface area contributed by atoms with Crippen LogP contribution >= 0.6 is 0 Å². The van der Waals surface area contributed by atoms with Crippen molar-refractivity contribution in [2.24, 2.45) is 0 Å². The summed E-state index contributed by atoms with van der Waals surface area (Å²) in [6.45, 7) is 4.56. The fourth-order valence-electron chi connectivity index (χ4n) is 2.50. The van der Waals surface area contributed by atoms with Crippen molar-refractivity contribution in [1.82, 2.24) is 4.90 Å². The molecule has 4 nitrogen and oxygen atoms in total. The summed E-state index contributed by atoms with van der Waals surface area (Å²) in [7, 11) is 1.74. The van der Waals surface area contributed by atoms with E-state index in [0.717, 1.165) is 16.7 Å². The minimum Gasteiger partial charge on any atom is -0.478 e. The third-order valence-corrected chi connectivity index (χ3v) is 3.93. The van der Waals surface area contributed by atoms with Crippen molar-refractivity contribution in [2.45, 2.75) is 26.8 Å². The smallest absolute Gasteiger partial charge is 0.335 e. The number of carbonyl (C=O) groups is 2. The maximum absolute atomic E-state index is 12.4. The van der Waals surface area contributed by atoms with E-state index in [2.05, 4.69) is 6.07 Å². The maximum atomic E-state index is 12.4. The number of hydrogen-bond donors (Lipinski definition) is 1. The van der Waals surface area contributed by atoms with Crippen molar-refractivity contribution in [1.29, 1.82) is 0 Å². The van der Waals surface area contributed by atoms with Gasteiger partial charge in [0.15, 0.2) is 0 Å². The fraction of sp³-hybridized carbons (Fsp3) is 0.263. The van der Waals surface area contributed by atoms with E-state index in [9.17, 15) is 14.7 Å². The molecule has 0 bridgehead atoms. The molecule has 120 valence electrons. The first kappa shape index (κ1) is 16.7. The van der Waals surface area contributed by atoms with Gasteiger partial charge in [0.2, 0.25) is 5.91 Å². The van der Waals surface area contributed by atoms with Crippen molar-refractivity contribution in [3.05, 3.63) is 70.3 Å². The number of aromatic carboxylic acids is 1. The topological polar surface area (TPSA) is 57.6 Å². The molecule has 0 fully saturated rings. The molecular weight excluding hydrogens is 290 g/mol. The van der Waals surface area contributed by atoms with Gasteiger partial charge in [-0.3, -0.25) is 4.79 Å². The highest BCUT2D eigenvalue weighted by Gasteiger charge is 2.16. The quantitative estimate of drug-likeness (QED) is 0.922. The first-order valence-corrected chi connectivity index (χ1v) is 7.49. The van der Waals surface area contributed by atoms with Gasteiger partial charge in [-0.15, -0.1) is 0 Å². The van der Waals surface area contributed by atoms with Gasteiger partial charge in [0.1, 0.15) is 0 Å². The van der Waals surface area contributed by atoms with Gasteiger partial charge in [0, 0.05) is 13.6 Å². The average molecular weight is 311 g/mol. The van der Waals surface area contributed by atoms with Crippen LogP contribution in [0.15, 0.2) is 42.5 Å². The Morgan fingerprint density at radius 1 is 1.04 bits per heavy atom. The van der Waals surface area contributed by atoms with E-state index in [1.54, 1.807) is 30.1 Å². The Balaban J connectivity index is 2.12. The van der Waals surface area contributed by atoms with E-state index in [4.69, 9.17) is 0 Å². The fourth-order valence-corrected chi connectivity index (χ4v) is 2.50. The Morgan fingerprint density at radius 2 is 1.74 bits per heavy atom. The van der Waals surface area contributed by atoms with Crippen LogP contribution in [-0.2, 0) is 17.8 Å². The molecule has 0 aliphatic rings. The number of likely N-dealkylation sites (N-methyl/N-ethyl adjacent to an activating group) is 1. The second-order valence-corrected chi connectivity index (χ2v) is 5.82. The van der Waals surface area contributed by atoms with Crippen LogP contribution in [0.25, 0.3) is 0 Å². The number of benzene rings is 2. The third kappa shape index (κ3) is 4.19. The lowest BCUT2D eigenvalue weighted by Crippen LogP contribution is -2.28. The Labute approximate surface area is 136 Å². The van der Waals surface area contributed by atoms with Crippen LogP contribution in [0.2, 0.25) is 0 Å². The molecule has 1 amide bonds. The molecule has 0 aliphatic carbocycles. The number of carboxylic acids is 1. The van der Waals surface area contributed by atoms with Gasteiger partial charge in [0.25, 0.3) is 0 Å². The van der Waals surface area contributed by atoms with Gasteiger partial charge in [0.05, 0.1) is 12.0 Å². The summed E-state index contributed by atoms with van der Waals surface area (Å²) >= 11 is 0. The molecule has 0 aliphatic heterocycles. The summed E-state index contributed by atoms with van der Waals surface area (Å²) in [6, 6.07) is 12.8. The monoisotopic (exact) mass is 311 g/mol. The molecule has 1 N–H and O–H groups in total. The van der Waals surface area contributed by atoms with Crippen LogP contribution in [0.1, 0.15) is 32.6 Å². The van der Waals surface area contributed by atoms with Gasteiger partial charge in [-0.05, 0) is 36.6 Å². The predicted molar refractivity (Wildman–Crippen MR) is 89.5 cm³/mol. The SMILES string of the molecule is Cc1ccc(C)c(CN(C)C(=O)Cc2ccccc2C(=O)O)c1. The molecule has 0 unspecified atom stereocenters. The van der Waals surface area contributed by atoms with Crippen molar-refractivity contribution in [3.8, 4) is 0 Å². The van der Waals surface area contributed by atoms with Crippen molar-refractivity contribution >= 4 is 11.9 Å². The number of rotatable bonds is 5. The molecule has 0 heterocycles. The van der Waals surface area contributed by atoms with E-state index < -0.39 is 5.97 Å². The van der Waals surface area contributed by atoms with Crippen LogP contribution in [0.3, 0.4) is 0 Å². The number of amides is 1. The number of carbonyl (C=O) groups excluding carboxylic acids is 1. The number of hydrogen-bond acceptors (Lipinski definition) is 2. The van der Waals surface area contributed by atoms with E-state index in [0.29, 0.717) is 12.1 Å². The predicted octanol–water partition coefficient (Wildman–Crippen LogP) is 3.20. The first-order chi connectivity index (χ1) is 10.9. The van der Waals surface area contributed by atoms with Crippen LogP contribution < -0.4 is 0 Å². The third-order valence-electron chi connectivity index (χ3n) is 3.93. The summed E-state index contributed by atoms with van der Waals surface area (Å²) in [5, 5.41) is 9.19.